The number of carbonyl (C=O) groups is 2. The van der Waals surface area contributed by atoms with Crippen molar-refractivity contribution in [3.05, 3.63) is 42.1 Å². The first-order valence-electron chi connectivity index (χ1n) is 10.8. The number of benzene rings is 1. The maximum atomic E-state index is 12.8. The first kappa shape index (κ1) is 19.8. The van der Waals surface area contributed by atoms with E-state index in [1.54, 1.807) is 0 Å². The highest BCUT2D eigenvalue weighted by Crippen LogP contribution is 2.20. The van der Waals surface area contributed by atoms with Crippen molar-refractivity contribution < 1.29 is 9.59 Å². The summed E-state index contributed by atoms with van der Waals surface area (Å²) in [5.41, 5.74) is 2.15. The van der Waals surface area contributed by atoms with Crippen LogP contribution in [0.5, 0.6) is 0 Å². The van der Waals surface area contributed by atoms with Crippen LogP contribution < -0.4 is 10.6 Å². The molecule has 0 spiro atoms. The molecular formula is C23H30N4O2. The van der Waals surface area contributed by atoms with Crippen LogP contribution in [-0.4, -0.2) is 53.9 Å². The lowest BCUT2D eigenvalue weighted by molar-refractivity contribution is -0.132. The Hall–Kier alpha value is -2.47. The van der Waals surface area contributed by atoms with Crippen LogP contribution in [0.1, 0.15) is 37.7 Å². The summed E-state index contributed by atoms with van der Waals surface area (Å²) in [6, 6.07) is 10.1. The number of amides is 2. The van der Waals surface area contributed by atoms with Crippen LogP contribution in [0.2, 0.25) is 0 Å². The van der Waals surface area contributed by atoms with E-state index in [1.165, 1.54) is 5.56 Å². The van der Waals surface area contributed by atoms with E-state index in [-0.39, 0.29) is 17.9 Å². The van der Waals surface area contributed by atoms with E-state index in [2.05, 4.69) is 21.7 Å². The third-order valence-corrected chi connectivity index (χ3v) is 6.16. The molecule has 6 heteroatoms. The maximum absolute atomic E-state index is 12.8. The minimum Gasteiger partial charge on any atom is -0.354 e. The second kappa shape index (κ2) is 9.35. The lowest BCUT2D eigenvalue weighted by Crippen LogP contribution is -2.46. The lowest BCUT2D eigenvalue weighted by atomic mass is 9.97. The Labute approximate surface area is 172 Å². The predicted molar refractivity (Wildman–Crippen MR) is 113 cm³/mol. The molecule has 2 saturated heterocycles. The van der Waals surface area contributed by atoms with E-state index < -0.39 is 0 Å². The van der Waals surface area contributed by atoms with Gasteiger partial charge in [-0.25, -0.2) is 0 Å². The average molecular weight is 395 g/mol. The zero-order valence-electron chi connectivity index (χ0n) is 16.9. The van der Waals surface area contributed by atoms with Crippen molar-refractivity contribution in [2.24, 2.45) is 5.92 Å². The molecule has 2 aromatic rings. The van der Waals surface area contributed by atoms with Crippen molar-refractivity contribution >= 4 is 22.7 Å². The van der Waals surface area contributed by atoms with E-state index >= 15 is 0 Å². The molecule has 2 unspecified atom stereocenters. The number of hydrogen-bond donors (Lipinski definition) is 2. The van der Waals surface area contributed by atoms with Gasteiger partial charge in [0.05, 0.1) is 11.6 Å². The van der Waals surface area contributed by atoms with Gasteiger partial charge in [-0.05, 0) is 62.3 Å². The molecule has 29 heavy (non-hydrogen) atoms. The molecule has 0 radical (unpaired) electrons. The van der Waals surface area contributed by atoms with E-state index in [0.29, 0.717) is 18.9 Å². The van der Waals surface area contributed by atoms with Gasteiger partial charge in [0.25, 0.3) is 0 Å². The average Bonchev–Trinajstić information content (AvgIpc) is 3.31. The number of carbonyl (C=O) groups excluding carboxylic acids is 2. The fourth-order valence-electron chi connectivity index (χ4n) is 4.51. The third-order valence-electron chi connectivity index (χ3n) is 6.16. The number of aromatic nitrogens is 1. The molecule has 1 aromatic heterocycles. The zero-order valence-corrected chi connectivity index (χ0v) is 16.9. The summed E-state index contributed by atoms with van der Waals surface area (Å²) in [6.45, 7) is 3.16. The third kappa shape index (κ3) is 4.93. The molecule has 3 heterocycles. The van der Waals surface area contributed by atoms with Crippen molar-refractivity contribution in [2.75, 3.05) is 26.2 Å². The molecule has 6 nitrogen and oxygen atoms in total. The molecule has 0 saturated carbocycles. The molecule has 2 atom stereocenters. The van der Waals surface area contributed by atoms with Crippen LogP contribution in [0.3, 0.4) is 0 Å². The van der Waals surface area contributed by atoms with Gasteiger partial charge in [0.2, 0.25) is 11.8 Å². The van der Waals surface area contributed by atoms with Gasteiger partial charge >= 0.3 is 0 Å². The Morgan fingerprint density at radius 2 is 2.07 bits per heavy atom. The van der Waals surface area contributed by atoms with Gasteiger partial charge in [-0.15, -0.1) is 0 Å². The summed E-state index contributed by atoms with van der Waals surface area (Å²) in [4.78, 5) is 31.4. The van der Waals surface area contributed by atoms with E-state index in [0.717, 1.165) is 62.6 Å². The van der Waals surface area contributed by atoms with E-state index in [1.807, 2.05) is 35.4 Å². The highest BCUT2D eigenvalue weighted by molar-refractivity contribution is 5.83. The first-order chi connectivity index (χ1) is 14.2. The normalized spacial score (nSPS) is 22.0. The van der Waals surface area contributed by atoms with Crippen LogP contribution in [0.25, 0.3) is 10.9 Å². The molecule has 2 aliphatic rings. The molecule has 2 fully saturated rings. The number of fused-ring (bicyclic) bond motifs is 1. The van der Waals surface area contributed by atoms with Crippen LogP contribution in [-0.2, 0) is 16.0 Å². The number of nitrogens with zero attached hydrogens (tertiary/aromatic N) is 2. The molecule has 2 amide bonds. The quantitative estimate of drug-likeness (QED) is 0.788. The van der Waals surface area contributed by atoms with Crippen LogP contribution in [0.4, 0.5) is 0 Å². The van der Waals surface area contributed by atoms with Crippen molar-refractivity contribution in [1.82, 2.24) is 20.5 Å². The summed E-state index contributed by atoms with van der Waals surface area (Å²) in [5.74, 6) is 0.662. The minimum absolute atomic E-state index is 0.0356. The Balaban J connectivity index is 1.27. The second-order valence-electron chi connectivity index (χ2n) is 8.23. The number of nitrogens with one attached hydrogen (secondary N) is 2. The number of hydrogen-bond acceptors (Lipinski definition) is 4. The summed E-state index contributed by atoms with van der Waals surface area (Å²) in [5, 5.41) is 7.45. The number of likely N-dealkylation sites (tertiary alicyclic amines) is 1. The largest absolute Gasteiger partial charge is 0.354 e. The molecule has 1 aromatic carbocycles. The number of para-hydroxylation sites is 1. The molecular weight excluding hydrogens is 364 g/mol. The Morgan fingerprint density at radius 3 is 2.93 bits per heavy atom. The monoisotopic (exact) mass is 394 g/mol. The first-order valence-corrected chi connectivity index (χ1v) is 10.8. The van der Waals surface area contributed by atoms with Crippen LogP contribution in [0, 0.1) is 5.92 Å². The van der Waals surface area contributed by atoms with Gasteiger partial charge < -0.3 is 15.5 Å². The van der Waals surface area contributed by atoms with Crippen molar-refractivity contribution in [1.29, 1.82) is 0 Å². The van der Waals surface area contributed by atoms with Gasteiger partial charge in [-0.3, -0.25) is 14.6 Å². The van der Waals surface area contributed by atoms with Crippen molar-refractivity contribution in [3.8, 4) is 0 Å². The summed E-state index contributed by atoms with van der Waals surface area (Å²) in [7, 11) is 0. The number of aryl methyl sites for hydroxylation is 1. The number of pyridine rings is 1. The van der Waals surface area contributed by atoms with Crippen LogP contribution >= 0.6 is 0 Å². The predicted octanol–water partition coefficient (Wildman–Crippen LogP) is 2.27. The zero-order chi connectivity index (χ0) is 20.1. The van der Waals surface area contributed by atoms with Gasteiger partial charge in [-0.1, -0.05) is 18.2 Å². The SMILES string of the molecule is O=C(NCC1CCCN(C(=O)CCc2ccnc3ccccc23)C1)C1CCCN1. The fourth-order valence-corrected chi connectivity index (χ4v) is 4.51. The topological polar surface area (TPSA) is 74.3 Å². The van der Waals surface area contributed by atoms with Crippen molar-refractivity contribution in [3.63, 3.8) is 0 Å². The molecule has 0 aliphatic carbocycles. The Morgan fingerprint density at radius 1 is 1.17 bits per heavy atom. The molecule has 154 valence electrons. The molecule has 0 bridgehead atoms. The van der Waals surface area contributed by atoms with Gasteiger partial charge in [-0.2, -0.15) is 0 Å². The van der Waals surface area contributed by atoms with Gasteiger partial charge in [0.15, 0.2) is 0 Å². The fraction of sp³-hybridized carbons (Fsp3) is 0.522. The standard InChI is InChI=1S/C23H30N4O2/c28-22(10-9-18-11-13-25-20-7-2-1-6-19(18)20)27-14-4-5-17(16-27)15-26-23(29)21-8-3-12-24-21/h1-2,6-7,11,13,17,21,24H,3-5,8-10,12,14-16H2,(H,26,29). The van der Waals surface area contributed by atoms with Crippen LogP contribution in [0.15, 0.2) is 36.5 Å². The maximum Gasteiger partial charge on any atom is 0.237 e. The van der Waals surface area contributed by atoms with Gasteiger partial charge in [0.1, 0.15) is 0 Å². The Bertz CT molecular complexity index is 858. The minimum atomic E-state index is -0.0356. The van der Waals surface area contributed by atoms with E-state index in [9.17, 15) is 9.59 Å². The molecule has 2 aliphatic heterocycles. The Kier molecular flexibility index (Phi) is 6.39. The number of rotatable bonds is 6. The lowest BCUT2D eigenvalue weighted by Gasteiger charge is -2.33. The van der Waals surface area contributed by atoms with E-state index in [4.69, 9.17) is 0 Å². The number of piperidine rings is 1. The summed E-state index contributed by atoms with van der Waals surface area (Å²) < 4.78 is 0. The molecule has 2 N–H and O–H groups in total. The summed E-state index contributed by atoms with van der Waals surface area (Å²) >= 11 is 0. The second-order valence-corrected chi connectivity index (χ2v) is 8.23. The van der Waals surface area contributed by atoms with Gasteiger partial charge in [0, 0.05) is 37.6 Å². The smallest absolute Gasteiger partial charge is 0.237 e. The van der Waals surface area contributed by atoms with Crippen molar-refractivity contribution in [2.45, 2.75) is 44.6 Å². The summed E-state index contributed by atoms with van der Waals surface area (Å²) in [6.07, 6.45) is 7.12. The highest BCUT2D eigenvalue weighted by Gasteiger charge is 2.26. The molecule has 4 rings (SSSR count). The highest BCUT2D eigenvalue weighted by atomic mass is 16.2.